The second-order valence-electron chi connectivity index (χ2n) is 11.5. The van der Waals surface area contributed by atoms with Gasteiger partial charge in [-0.25, -0.2) is 11.0 Å². The largest absolute Gasteiger partial charge is 0.462 e. The van der Waals surface area contributed by atoms with E-state index in [0.29, 0.717) is 32.3 Å². The second kappa shape index (κ2) is 12.4. The van der Waals surface area contributed by atoms with Gasteiger partial charge in [0.25, 0.3) is 5.91 Å². The molecule has 0 unspecified atom stereocenters. The first-order chi connectivity index (χ1) is 19.7. The molecule has 2 fully saturated rings. The molecule has 1 atom stereocenters. The van der Waals surface area contributed by atoms with Crippen molar-refractivity contribution >= 4 is 17.4 Å². The lowest BCUT2D eigenvalue weighted by molar-refractivity contribution is -0.131. The standard InChI is InChI=1S/C31H40FN7O2/c1-21-7-6-8-28(22(21)2)37-12-11-26-27(20-37)34-31(41-16-15-36(5)18-24-9-10-24)35-29(26)38-13-14-39(30(40)23(3)32)25(19-38)17-33-4/h6-8,24-25H,3,9-20H2,1-2,5H3/t25-/m0/s1. The second-order valence-corrected chi connectivity index (χ2v) is 11.5. The van der Waals surface area contributed by atoms with Gasteiger partial charge in [-0.1, -0.05) is 18.7 Å². The van der Waals surface area contributed by atoms with Crippen LogP contribution < -0.4 is 14.5 Å². The first-order valence-corrected chi connectivity index (χ1v) is 14.5. The Hall–Kier alpha value is -3.71. The van der Waals surface area contributed by atoms with Crippen molar-refractivity contribution in [3.8, 4) is 6.01 Å². The summed E-state index contributed by atoms with van der Waals surface area (Å²) < 4.78 is 19.9. The smallest absolute Gasteiger partial charge is 0.318 e. The minimum absolute atomic E-state index is 0.0832. The Morgan fingerprint density at radius 2 is 2.02 bits per heavy atom. The number of amides is 1. The van der Waals surface area contributed by atoms with Crippen LogP contribution in [0.2, 0.25) is 0 Å². The molecule has 0 radical (unpaired) electrons. The summed E-state index contributed by atoms with van der Waals surface area (Å²) in [5, 5.41) is 0. The van der Waals surface area contributed by atoms with Gasteiger partial charge in [0.05, 0.1) is 12.2 Å². The number of carbonyl (C=O) groups excluding carboxylic acids is 1. The van der Waals surface area contributed by atoms with Gasteiger partial charge in [0.1, 0.15) is 18.5 Å². The summed E-state index contributed by atoms with van der Waals surface area (Å²) in [5.41, 5.74) is 5.72. The Morgan fingerprint density at radius 1 is 1.22 bits per heavy atom. The number of benzene rings is 1. The molecule has 3 heterocycles. The number of fused-ring (bicyclic) bond motifs is 1. The Balaban J connectivity index is 1.41. The van der Waals surface area contributed by atoms with E-state index in [0.717, 1.165) is 49.0 Å². The monoisotopic (exact) mass is 561 g/mol. The molecule has 9 nitrogen and oxygen atoms in total. The van der Waals surface area contributed by atoms with Crippen molar-refractivity contribution in [2.45, 2.75) is 45.7 Å². The highest BCUT2D eigenvalue weighted by Gasteiger charge is 2.36. The van der Waals surface area contributed by atoms with Crippen LogP contribution in [0.1, 0.15) is 35.2 Å². The fraction of sp³-hybridized carbons (Fsp3) is 0.548. The lowest BCUT2D eigenvalue weighted by Gasteiger charge is -2.41. The van der Waals surface area contributed by atoms with Crippen molar-refractivity contribution in [3.05, 3.63) is 64.4 Å². The molecule has 2 aliphatic heterocycles. The number of ether oxygens (including phenoxy) is 1. The first-order valence-electron chi connectivity index (χ1n) is 14.5. The van der Waals surface area contributed by atoms with Crippen LogP contribution in [0.5, 0.6) is 6.01 Å². The number of anilines is 2. The van der Waals surface area contributed by atoms with Crippen molar-refractivity contribution in [2.75, 3.05) is 69.3 Å². The van der Waals surface area contributed by atoms with Crippen molar-refractivity contribution in [1.29, 1.82) is 0 Å². The molecule has 3 aliphatic rings. The normalized spacial score (nSPS) is 18.7. The van der Waals surface area contributed by atoms with Crippen LogP contribution >= 0.6 is 0 Å². The molecule has 5 rings (SSSR count). The predicted molar refractivity (Wildman–Crippen MR) is 158 cm³/mol. The maximum Gasteiger partial charge on any atom is 0.318 e. The summed E-state index contributed by atoms with van der Waals surface area (Å²) in [7, 11) is 2.12. The molecule has 1 aromatic heterocycles. The molecule has 2 aromatic rings. The average molecular weight is 562 g/mol. The minimum Gasteiger partial charge on any atom is -0.462 e. The highest BCUT2D eigenvalue weighted by molar-refractivity contribution is 5.91. The third-order valence-corrected chi connectivity index (χ3v) is 8.49. The van der Waals surface area contributed by atoms with E-state index in [1.807, 2.05) is 0 Å². The summed E-state index contributed by atoms with van der Waals surface area (Å²) in [5.74, 6) is -0.141. The SMILES string of the molecule is [C-]#[N+]C[C@H]1CN(c2nc(OCCN(C)CC3CC3)nc3c2CCN(c2cccc(C)c2C)C3)CCN1C(=O)C(=C)F. The average Bonchev–Trinajstić information content (AvgIpc) is 3.77. The molecule has 0 bridgehead atoms. The van der Waals surface area contributed by atoms with Gasteiger partial charge in [-0.15, -0.1) is 0 Å². The van der Waals surface area contributed by atoms with E-state index in [9.17, 15) is 9.18 Å². The zero-order valence-corrected chi connectivity index (χ0v) is 24.4. The topological polar surface area (TPSA) is 69.4 Å². The Labute approximate surface area is 242 Å². The summed E-state index contributed by atoms with van der Waals surface area (Å²) >= 11 is 0. The maximum atomic E-state index is 13.7. The zero-order chi connectivity index (χ0) is 29.1. The number of aromatic nitrogens is 2. The van der Waals surface area contributed by atoms with Crippen molar-refractivity contribution in [3.63, 3.8) is 0 Å². The fourth-order valence-electron chi connectivity index (χ4n) is 5.86. The molecule has 1 aromatic carbocycles. The van der Waals surface area contributed by atoms with E-state index < -0.39 is 17.8 Å². The molecule has 1 saturated carbocycles. The third kappa shape index (κ3) is 6.62. The van der Waals surface area contributed by atoms with Crippen LogP contribution in [0.3, 0.4) is 0 Å². The maximum absolute atomic E-state index is 13.7. The van der Waals surface area contributed by atoms with Crippen molar-refractivity contribution < 1.29 is 13.9 Å². The van der Waals surface area contributed by atoms with E-state index in [2.05, 4.69) is 65.2 Å². The summed E-state index contributed by atoms with van der Waals surface area (Å²) in [6.45, 7) is 19.9. The summed E-state index contributed by atoms with van der Waals surface area (Å²) in [6.07, 6.45) is 3.38. The Morgan fingerprint density at radius 3 is 2.76 bits per heavy atom. The van der Waals surface area contributed by atoms with Gasteiger partial charge in [0.15, 0.2) is 5.83 Å². The van der Waals surface area contributed by atoms with Crippen LogP contribution in [0.25, 0.3) is 4.85 Å². The van der Waals surface area contributed by atoms with Gasteiger partial charge in [-0.05, 0) is 63.3 Å². The zero-order valence-electron chi connectivity index (χ0n) is 24.4. The van der Waals surface area contributed by atoms with Crippen LogP contribution in [-0.2, 0) is 17.8 Å². The third-order valence-electron chi connectivity index (χ3n) is 8.49. The number of carbonyl (C=O) groups is 1. The number of likely N-dealkylation sites (N-methyl/N-ethyl adjacent to an activating group) is 1. The number of aryl methyl sites for hydroxylation is 1. The lowest BCUT2D eigenvalue weighted by atomic mass is 10.0. The first kappa shape index (κ1) is 28.8. The summed E-state index contributed by atoms with van der Waals surface area (Å²) in [6, 6.07) is 6.27. The number of nitrogens with zero attached hydrogens (tertiary/aromatic N) is 7. The predicted octanol–water partition coefficient (Wildman–Crippen LogP) is 3.80. The molecule has 1 aliphatic carbocycles. The molecule has 218 valence electrons. The van der Waals surface area contributed by atoms with E-state index in [1.165, 1.54) is 34.6 Å². The number of piperazine rings is 1. The van der Waals surface area contributed by atoms with Crippen molar-refractivity contribution in [1.82, 2.24) is 19.8 Å². The molecule has 41 heavy (non-hydrogen) atoms. The van der Waals surface area contributed by atoms with Gasteiger partial charge in [0.2, 0.25) is 6.54 Å². The van der Waals surface area contributed by atoms with Gasteiger partial charge in [-0.3, -0.25) is 4.79 Å². The van der Waals surface area contributed by atoms with Gasteiger partial charge in [-0.2, -0.15) is 9.97 Å². The highest BCUT2D eigenvalue weighted by Crippen LogP contribution is 2.34. The van der Waals surface area contributed by atoms with Gasteiger partial charge in [0, 0.05) is 50.5 Å². The van der Waals surface area contributed by atoms with E-state index in [1.54, 1.807) is 0 Å². The highest BCUT2D eigenvalue weighted by atomic mass is 19.1. The lowest BCUT2D eigenvalue weighted by Crippen LogP contribution is -2.57. The number of halogens is 1. The molecule has 0 N–H and O–H groups in total. The molecule has 1 amide bonds. The molecule has 1 saturated heterocycles. The fourth-order valence-corrected chi connectivity index (χ4v) is 5.86. The molecular weight excluding hydrogens is 521 g/mol. The number of hydrogen-bond acceptors (Lipinski definition) is 7. The Kier molecular flexibility index (Phi) is 8.74. The number of rotatable bonds is 10. The summed E-state index contributed by atoms with van der Waals surface area (Å²) in [4.78, 5) is 34.0. The quantitative estimate of drug-likeness (QED) is 0.323. The van der Waals surface area contributed by atoms with Crippen LogP contribution in [0.4, 0.5) is 15.9 Å². The van der Waals surface area contributed by atoms with E-state index in [4.69, 9.17) is 21.3 Å². The molecule has 10 heteroatoms. The van der Waals surface area contributed by atoms with E-state index >= 15 is 0 Å². The molecular formula is C31H40FN7O2. The van der Waals surface area contributed by atoms with Crippen molar-refractivity contribution in [2.24, 2.45) is 5.92 Å². The number of hydrogen-bond donors (Lipinski definition) is 0. The van der Waals surface area contributed by atoms with Gasteiger partial charge < -0.3 is 29.2 Å². The van der Waals surface area contributed by atoms with Crippen LogP contribution in [0, 0.1) is 26.3 Å². The van der Waals surface area contributed by atoms with Gasteiger partial charge >= 0.3 is 6.01 Å². The van der Waals surface area contributed by atoms with Crippen LogP contribution in [0.15, 0.2) is 30.6 Å². The minimum atomic E-state index is -0.998. The Bertz CT molecular complexity index is 1340. The molecule has 0 spiro atoms. The van der Waals surface area contributed by atoms with E-state index in [-0.39, 0.29) is 13.1 Å². The van der Waals surface area contributed by atoms with Crippen LogP contribution in [-0.4, -0.2) is 91.2 Å².